The van der Waals surface area contributed by atoms with Gasteiger partial charge in [0.1, 0.15) is 17.5 Å². The van der Waals surface area contributed by atoms with Crippen molar-refractivity contribution >= 4 is 11.6 Å². The second-order valence-corrected chi connectivity index (χ2v) is 5.51. The molecule has 106 valence electrons. The summed E-state index contributed by atoms with van der Waals surface area (Å²) in [4.78, 5) is 8.95. The molecule has 0 radical (unpaired) electrons. The lowest BCUT2D eigenvalue weighted by atomic mass is 9.98. The van der Waals surface area contributed by atoms with Crippen LogP contribution in [0, 0.1) is 18.8 Å². The van der Waals surface area contributed by atoms with E-state index in [9.17, 15) is 0 Å². The highest BCUT2D eigenvalue weighted by atomic mass is 15.3. The van der Waals surface area contributed by atoms with Gasteiger partial charge in [-0.1, -0.05) is 26.7 Å². The Morgan fingerprint density at radius 1 is 1.26 bits per heavy atom. The summed E-state index contributed by atoms with van der Waals surface area (Å²) in [5.41, 5.74) is 3.65. The van der Waals surface area contributed by atoms with E-state index in [4.69, 9.17) is 5.84 Å². The third-order valence-electron chi connectivity index (χ3n) is 4.22. The van der Waals surface area contributed by atoms with E-state index in [0.29, 0.717) is 5.82 Å². The van der Waals surface area contributed by atoms with Gasteiger partial charge in [-0.05, 0) is 25.2 Å². The molecule has 4 N–H and O–H groups in total. The predicted molar refractivity (Wildman–Crippen MR) is 79.0 cm³/mol. The van der Waals surface area contributed by atoms with Gasteiger partial charge >= 0.3 is 0 Å². The van der Waals surface area contributed by atoms with Crippen LogP contribution in [0.4, 0.5) is 11.6 Å². The van der Waals surface area contributed by atoms with Crippen LogP contribution in [-0.4, -0.2) is 16.5 Å². The molecule has 1 aliphatic carbocycles. The average Bonchev–Trinajstić information content (AvgIpc) is 2.83. The van der Waals surface area contributed by atoms with Crippen molar-refractivity contribution in [1.82, 2.24) is 9.97 Å². The van der Waals surface area contributed by atoms with Crippen molar-refractivity contribution in [1.29, 1.82) is 0 Å². The van der Waals surface area contributed by atoms with Crippen molar-refractivity contribution in [3.63, 3.8) is 0 Å². The highest BCUT2D eigenvalue weighted by molar-refractivity contribution is 5.56. The minimum atomic E-state index is 0.717. The zero-order chi connectivity index (χ0) is 13.8. The number of rotatable bonds is 5. The molecule has 1 aliphatic rings. The Morgan fingerprint density at radius 2 is 2.00 bits per heavy atom. The molecule has 5 nitrogen and oxygen atoms in total. The van der Waals surface area contributed by atoms with Crippen molar-refractivity contribution in [2.24, 2.45) is 17.7 Å². The number of hydrazine groups is 1. The number of nitrogens with one attached hydrogen (secondary N) is 2. The van der Waals surface area contributed by atoms with E-state index in [2.05, 4.69) is 27.6 Å². The molecule has 1 saturated carbocycles. The van der Waals surface area contributed by atoms with Crippen LogP contribution >= 0.6 is 0 Å². The summed E-state index contributed by atoms with van der Waals surface area (Å²) in [6.45, 7) is 7.38. The first kappa shape index (κ1) is 14.1. The zero-order valence-electron chi connectivity index (χ0n) is 12.2. The van der Waals surface area contributed by atoms with E-state index in [1.807, 2.05) is 13.8 Å². The summed E-state index contributed by atoms with van der Waals surface area (Å²) in [5, 5.41) is 3.49. The molecule has 0 aromatic carbocycles. The van der Waals surface area contributed by atoms with Crippen LogP contribution in [-0.2, 0) is 6.42 Å². The summed E-state index contributed by atoms with van der Waals surface area (Å²) in [5.74, 6) is 9.54. The van der Waals surface area contributed by atoms with Gasteiger partial charge in [-0.2, -0.15) is 0 Å². The van der Waals surface area contributed by atoms with Gasteiger partial charge in [0.25, 0.3) is 0 Å². The lowest BCUT2D eigenvalue weighted by Crippen LogP contribution is -2.19. The molecule has 1 aromatic rings. The van der Waals surface area contributed by atoms with Gasteiger partial charge in [-0.3, -0.25) is 0 Å². The maximum Gasteiger partial charge on any atom is 0.148 e. The summed E-state index contributed by atoms with van der Waals surface area (Å²) in [7, 11) is 0. The Balaban J connectivity index is 2.10. The highest BCUT2D eigenvalue weighted by Gasteiger charge is 2.23. The number of nitrogens with zero attached hydrogens (tertiary/aromatic N) is 2. The van der Waals surface area contributed by atoms with E-state index in [-0.39, 0.29) is 0 Å². The fourth-order valence-electron chi connectivity index (χ4n) is 2.79. The lowest BCUT2D eigenvalue weighted by molar-refractivity contribution is 0.439. The van der Waals surface area contributed by atoms with Crippen molar-refractivity contribution < 1.29 is 0 Å². The number of hydrogen-bond donors (Lipinski definition) is 3. The third kappa shape index (κ3) is 3.15. The van der Waals surface area contributed by atoms with E-state index in [1.54, 1.807) is 0 Å². The van der Waals surface area contributed by atoms with Crippen LogP contribution in [0.5, 0.6) is 0 Å². The molecule has 0 bridgehead atoms. The van der Waals surface area contributed by atoms with Gasteiger partial charge in [-0.25, -0.2) is 15.8 Å². The normalized spacial score (nSPS) is 22.5. The van der Waals surface area contributed by atoms with Gasteiger partial charge < -0.3 is 10.7 Å². The van der Waals surface area contributed by atoms with Crippen LogP contribution in [0.3, 0.4) is 0 Å². The van der Waals surface area contributed by atoms with Gasteiger partial charge in [0.05, 0.1) is 0 Å². The molecule has 0 amide bonds. The number of aryl methyl sites for hydroxylation is 1. The first-order valence-corrected chi connectivity index (χ1v) is 7.23. The number of anilines is 2. The second kappa shape index (κ2) is 6.19. The van der Waals surface area contributed by atoms with Gasteiger partial charge in [0.2, 0.25) is 0 Å². The molecule has 1 aromatic heterocycles. The molecule has 2 rings (SSSR count). The summed E-state index contributed by atoms with van der Waals surface area (Å²) in [6.07, 6.45) is 4.83. The zero-order valence-corrected chi connectivity index (χ0v) is 12.2. The Bertz CT molecular complexity index is 432. The number of nitrogen functional groups attached to an aromatic ring is 1. The van der Waals surface area contributed by atoms with E-state index in [1.165, 1.54) is 19.3 Å². The molecule has 1 heterocycles. The summed E-state index contributed by atoms with van der Waals surface area (Å²) >= 11 is 0. The van der Waals surface area contributed by atoms with Crippen LogP contribution < -0.4 is 16.6 Å². The number of nitrogens with two attached hydrogens (primary N) is 1. The van der Waals surface area contributed by atoms with Gasteiger partial charge in [-0.15, -0.1) is 0 Å². The Hall–Kier alpha value is -1.36. The molecule has 0 aliphatic heterocycles. The largest absolute Gasteiger partial charge is 0.369 e. The van der Waals surface area contributed by atoms with Crippen LogP contribution in [0.2, 0.25) is 0 Å². The summed E-state index contributed by atoms with van der Waals surface area (Å²) < 4.78 is 0. The van der Waals surface area contributed by atoms with E-state index in [0.717, 1.165) is 42.0 Å². The topological polar surface area (TPSA) is 75.9 Å². The maximum atomic E-state index is 5.52. The second-order valence-electron chi connectivity index (χ2n) is 5.51. The Kier molecular flexibility index (Phi) is 4.58. The molecular weight excluding hydrogens is 238 g/mol. The predicted octanol–water partition coefficient (Wildman–Crippen LogP) is 2.48. The van der Waals surface area contributed by atoms with Crippen molar-refractivity contribution in [3.05, 3.63) is 11.4 Å². The smallest absolute Gasteiger partial charge is 0.148 e. The molecule has 1 fully saturated rings. The average molecular weight is 263 g/mol. The molecule has 5 heteroatoms. The van der Waals surface area contributed by atoms with E-state index >= 15 is 0 Å². The quantitative estimate of drug-likeness (QED) is 0.562. The SMILES string of the molecule is CCc1nc(NN)c(C)c(NCC2CCCC2C)n1. The first-order valence-electron chi connectivity index (χ1n) is 7.23. The molecule has 0 spiro atoms. The lowest BCUT2D eigenvalue weighted by Gasteiger charge is -2.18. The van der Waals surface area contributed by atoms with Crippen molar-refractivity contribution in [2.75, 3.05) is 17.3 Å². The summed E-state index contributed by atoms with van der Waals surface area (Å²) in [6, 6.07) is 0. The highest BCUT2D eigenvalue weighted by Crippen LogP contribution is 2.31. The van der Waals surface area contributed by atoms with Crippen LogP contribution in [0.25, 0.3) is 0 Å². The van der Waals surface area contributed by atoms with Crippen LogP contribution in [0.15, 0.2) is 0 Å². The maximum absolute atomic E-state index is 5.52. The standard InChI is InChI=1S/C14H25N5/c1-4-12-17-13(10(3)14(18-12)19-15)16-8-11-7-5-6-9(11)2/h9,11H,4-8,15H2,1-3H3,(H2,16,17,18,19). The Labute approximate surface area is 115 Å². The number of hydrogen-bond acceptors (Lipinski definition) is 5. The molecule has 2 unspecified atom stereocenters. The monoisotopic (exact) mass is 263 g/mol. The first-order chi connectivity index (χ1) is 9.15. The minimum absolute atomic E-state index is 0.717. The minimum Gasteiger partial charge on any atom is -0.369 e. The molecular formula is C14H25N5. The van der Waals surface area contributed by atoms with Crippen molar-refractivity contribution in [3.8, 4) is 0 Å². The molecule has 0 saturated heterocycles. The van der Waals surface area contributed by atoms with E-state index < -0.39 is 0 Å². The fourth-order valence-corrected chi connectivity index (χ4v) is 2.79. The fraction of sp³-hybridized carbons (Fsp3) is 0.714. The third-order valence-corrected chi connectivity index (χ3v) is 4.22. The van der Waals surface area contributed by atoms with Gasteiger partial charge in [0.15, 0.2) is 0 Å². The van der Waals surface area contributed by atoms with Crippen LogP contribution in [0.1, 0.15) is 44.5 Å². The number of aromatic nitrogens is 2. The molecule has 2 atom stereocenters. The Morgan fingerprint density at radius 3 is 2.58 bits per heavy atom. The van der Waals surface area contributed by atoms with Crippen molar-refractivity contribution in [2.45, 2.75) is 46.5 Å². The molecule has 19 heavy (non-hydrogen) atoms. The van der Waals surface area contributed by atoms with Gasteiger partial charge in [0, 0.05) is 18.5 Å².